The Labute approximate surface area is 104 Å². The lowest BCUT2D eigenvalue weighted by Crippen LogP contribution is -2.18. The van der Waals surface area contributed by atoms with Crippen molar-refractivity contribution in [1.29, 1.82) is 5.26 Å². The number of rotatable bonds is 3. The molecule has 0 unspecified atom stereocenters. The third-order valence-corrected chi connectivity index (χ3v) is 2.17. The van der Waals surface area contributed by atoms with Crippen LogP contribution in [0.4, 0.5) is 0 Å². The lowest BCUT2D eigenvalue weighted by Gasteiger charge is -2.03. The van der Waals surface area contributed by atoms with Gasteiger partial charge >= 0.3 is 5.97 Å². The van der Waals surface area contributed by atoms with Crippen LogP contribution < -0.4 is 5.32 Å². The van der Waals surface area contributed by atoms with E-state index in [9.17, 15) is 4.79 Å². The van der Waals surface area contributed by atoms with Gasteiger partial charge in [0.2, 0.25) is 0 Å². The highest BCUT2D eigenvalue weighted by Crippen LogP contribution is 1.99. The molecule has 1 N–H and O–H groups in total. The van der Waals surface area contributed by atoms with Crippen LogP contribution >= 0.6 is 12.2 Å². The zero-order valence-corrected chi connectivity index (χ0v) is 9.82. The number of nitriles is 1. The van der Waals surface area contributed by atoms with E-state index in [1.165, 1.54) is 13.3 Å². The van der Waals surface area contributed by atoms with Crippen molar-refractivity contribution in [2.45, 2.75) is 0 Å². The van der Waals surface area contributed by atoms with Crippen LogP contribution in [0.2, 0.25) is 0 Å². The van der Waals surface area contributed by atoms with Crippen LogP contribution in [-0.2, 0) is 9.53 Å². The smallest absolute Gasteiger partial charge is 0.350 e. The van der Waals surface area contributed by atoms with Crippen molar-refractivity contribution in [3.8, 4) is 6.07 Å². The van der Waals surface area contributed by atoms with Crippen molar-refractivity contribution < 1.29 is 9.53 Å². The van der Waals surface area contributed by atoms with E-state index in [2.05, 4.69) is 15.0 Å². The van der Waals surface area contributed by atoms with Crippen LogP contribution in [0, 0.1) is 11.3 Å². The molecule has 0 amide bonds. The van der Waals surface area contributed by atoms with Crippen molar-refractivity contribution in [2.75, 3.05) is 7.11 Å². The normalized spacial score (nSPS) is 10.2. The first-order chi connectivity index (χ1) is 8.19. The molecule has 17 heavy (non-hydrogen) atoms. The summed E-state index contributed by atoms with van der Waals surface area (Å²) in [5, 5.41) is 11.4. The van der Waals surface area contributed by atoms with Crippen molar-refractivity contribution >= 4 is 23.2 Å². The molecular weight excluding hydrogens is 238 g/mol. The highest BCUT2D eigenvalue weighted by atomic mass is 32.1. The number of hydrogen-bond acceptors (Lipinski definition) is 5. The Morgan fingerprint density at radius 2 is 2.24 bits per heavy atom. The first-order valence-corrected chi connectivity index (χ1v) is 4.99. The van der Waals surface area contributed by atoms with Gasteiger partial charge in [-0.15, -0.1) is 0 Å². The number of aromatic nitrogens is 1. The maximum atomic E-state index is 11.1. The quantitative estimate of drug-likeness (QED) is 0.370. The molecule has 0 aliphatic rings. The van der Waals surface area contributed by atoms with E-state index in [0.717, 1.165) is 5.56 Å². The fourth-order valence-electron chi connectivity index (χ4n) is 0.971. The van der Waals surface area contributed by atoms with Crippen molar-refractivity contribution in [2.24, 2.45) is 0 Å². The number of nitrogens with one attached hydrogen (secondary N) is 1. The molecule has 0 atom stereocenters. The molecule has 6 heteroatoms. The van der Waals surface area contributed by atoms with Gasteiger partial charge in [0.1, 0.15) is 11.1 Å². The zero-order chi connectivity index (χ0) is 12.7. The molecule has 0 fully saturated rings. The molecule has 5 nitrogen and oxygen atoms in total. The predicted octanol–water partition coefficient (Wildman–Crippen LogP) is 0.927. The Hall–Kier alpha value is -2.26. The minimum absolute atomic E-state index is 0.149. The summed E-state index contributed by atoms with van der Waals surface area (Å²) < 4.78 is 4.42. The predicted molar refractivity (Wildman–Crippen MR) is 64.8 cm³/mol. The summed E-state index contributed by atoms with van der Waals surface area (Å²) in [5.41, 5.74) is 0.595. The average Bonchev–Trinajstić information content (AvgIpc) is 2.39. The molecule has 86 valence electrons. The summed E-state index contributed by atoms with van der Waals surface area (Å²) >= 11 is 5.06. The maximum absolute atomic E-state index is 11.1. The Bertz CT molecular complexity index is 491. The van der Waals surface area contributed by atoms with E-state index in [-0.39, 0.29) is 5.57 Å². The number of pyridine rings is 1. The van der Waals surface area contributed by atoms with Crippen molar-refractivity contribution in [1.82, 2.24) is 10.3 Å². The number of carbonyl (C=O) groups excluding carboxylic acids is 1. The van der Waals surface area contributed by atoms with E-state index in [1.807, 2.05) is 0 Å². The summed E-state index contributed by atoms with van der Waals surface area (Å²) in [7, 11) is 1.20. The first-order valence-electron chi connectivity index (χ1n) is 4.58. The Balaban J connectivity index is 2.74. The van der Waals surface area contributed by atoms with E-state index in [4.69, 9.17) is 17.5 Å². The number of carbonyl (C=O) groups is 1. The van der Waals surface area contributed by atoms with Crippen LogP contribution in [0.25, 0.3) is 0 Å². The zero-order valence-electron chi connectivity index (χ0n) is 9.01. The lowest BCUT2D eigenvalue weighted by atomic mass is 10.2. The molecule has 0 bridgehead atoms. The Kier molecular flexibility index (Phi) is 4.78. The average molecular weight is 247 g/mol. The van der Waals surface area contributed by atoms with Gasteiger partial charge < -0.3 is 10.1 Å². The molecule has 0 aliphatic heterocycles. The second kappa shape index (κ2) is 6.35. The molecule has 1 heterocycles. The van der Waals surface area contributed by atoms with E-state index in [0.29, 0.717) is 4.99 Å². The number of esters is 1. The number of ether oxygens (including phenoxy) is 1. The summed E-state index contributed by atoms with van der Waals surface area (Å²) in [6.45, 7) is 0. The molecule has 1 aromatic rings. The first kappa shape index (κ1) is 12.8. The van der Waals surface area contributed by atoms with Crippen LogP contribution in [0.5, 0.6) is 0 Å². The van der Waals surface area contributed by atoms with Crippen molar-refractivity contribution in [3.63, 3.8) is 0 Å². The fourth-order valence-corrected chi connectivity index (χ4v) is 1.17. The highest BCUT2D eigenvalue weighted by molar-refractivity contribution is 7.80. The van der Waals surface area contributed by atoms with Gasteiger partial charge in [-0.1, -0.05) is 12.2 Å². The second-order valence-corrected chi connectivity index (χ2v) is 3.28. The van der Waals surface area contributed by atoms with E-state index in [1.54, 1.807) is 30.6 Å². The number of hydrogen-bond donors (Lipinski definition) is 1. The second-order valence-electron chi connectivity index (χ2n) is 2.87. The molecule has 0 aliphatic carbocycles. The molecule has 0 spiro atoms. The third kappa shape index (κ3) is 3.66. The van der Waals surface area contributed by atoms with Gasteiger partial charge in [0, 0.05) is 24.2 Å². The molecular formula is C11H9N3O2S. The number of methoxy groups -OCH3 is 1. The summed E-state index contributed by atoms with van der Waals surface area (Å²) in [6, 6.07) is 5.14. The maximum Gasteiger partial charge on any atom is 0.350 e. The summed E-state index contributed by atoms with van der Waals surface area (Å²) in [5.74, 6) is -0.711. The number of nitrogens with zero attached hydrogens (tertiary/aromatic N) is 2. The van der Waals surface area contributed by atoms with E-state index < -0.39 is 5.97 Å². The molecule has 0 radical (unpaired) electrons. The molecule has 0 saturated heterocycles. The molecule has 0 aromatic carbocycles. The largest absolute Gasteiger partial charge is 0.465 e. The van der Waals surface area contributed by atoms with Crippen molar-refractivity contribution in [3.05, 3.63) is 41.9 Å². The minimum atomic E-state index is -0.711. The topological polar surface area (TPSA) is 75.0 Å². The van der Waals surface area contributed by atoms with Gasteiger partial charge in [0.25, 0.3) is 0 Å². The van der Waals surface area contributed by atoms with Crippen LogP contribution in [0.1, 0.15) is 5.56 Å². The third-order valence-electron chi connectivity index (χ3n) is 1.82. The Morgan fingerprint density at radius 1 is 1.59 bits per heavy atom. The van der Waals surface area contributed by atoms with E-state index >= 15 is 0 Å². The fraction of sp³-hybridized carbons (Fsp3) is 0.0909. The minimum Gasteiger partial charge on any atom is -0.465 e. The summed E-state index contributed by atoms with van der Waals surface area (Å²) in [6.07, 6.45) is 4.41. The van der Waals surface area contributed by atoms with Gasteiger partial charge in [-0.3, -0.25) is 4.98 Å². The van der Waals surface area contributed by atoms with Gasteiger partial charge in [0.15, 0.2) is 5.57 Å². The van der Waals surface area contributed by atoms with Gasteiger partial charge in [-0.05, 0) is 12.1 Å². The Morgan fingerprint density at radius 3 is 2.76 bits per heavy atom. The number of thiocarbonyl (C=S) groups is 1. The molecule has 1 rings (SSSR count). The standard InChI is InChI=1S/C11H9N3O2S/c1-16-11(15)9(6-12)7-14-10(17)8-2-4-13-5-3-8/h2-5,7H,1H3,(H,14,17)/b9-7+. The lowest BCUT2D eigenvalue weighted by molar-refractivity contribution is -0.135. The highest BCUT2D eigenvalue weighted by Gasteiger charge is 2.08. The van der Waals surface area contributed by atoms with Crippen LogP contribution in [-0.4, -0.2) is 23.1 Å². The monoisotopic (exact) mass is 247 g/mol. The summed E-state index contributed by atoms with van der Waals surface area (Å²) in [4.78, 5) is 15.3. The SMILES string of the molecule is COC(=O)/C(C#N)=C/NC(=S)c1ccncc1. The van der Waals surface area contributed by atoms with Gasteiger partial charge in [-0.25, -0.2) is 4.79 Å². The van der Waals surface area contributed by atoms with Gasteiger partial charge in [-0.2, -0.15) is 5.26 Å². The van der Waals surface area contributed by atoms with Crippen LogP contribution in [0.15, 0.2) is 36.3 Å². The molecule has 1 aromatic heterocycles. The van der Waals surface area contributed by atoms with Crippen LogP contribution in [0.3, 0.4) is 0 Å². The van der Waals surface area contributed by atoms with Gasteiger partial charge in [0.05, 0.1) is 7.11 Å². The molecule has 0 saturated carbocycles.